The van der Waals surface area contributed by atoms with Crippen LogP contribution in [0, 0.1) is 45.7 Å². The summed E-state index contributed by atoms with van der Waals surface area (Å²) in [6.45, 7) is 22.4. The number of pyridine rings is 5. The number of alkyl halides is 9. The molecular weight excluding hydrogens is 2190 g/mol. The van der Waals surface area contributed by atoms with Crippen LogP contribution in [-0.2, 0) is 74.7 Å². The van der Waals surface area contributed by atoms with Crippen molar-refractivity contribution in [1.29, 1.82) is 0 Å². The van der Waals surface area contributed by atoms with Gasteiger partial charge in [-0.25, -0.2) is 15.0 Å². The van der Waals surface area contributed by atoms with Crippen molar-refractivity contribution >= 4 is 146 Å². The van der Waals surface area contributed by atoms with E-state index in [1.165, 1.54) is 52.0 Å². The van der Waals surface area contributed by atoms with Crippen LogP contribution in [0.25, 0.3) is 55.8 Å². The largest absolute Gasteiger partial charge is 0.573 e. The van der Waals surface area contributed by atoms with Gasteiger partial charge in [0.25, 0.3) is 28.2 Å². The number of fused-ring (bicyclic) bond motifs is 3. The molecule has 14 rings (SSSR count). The van der Waals surface area contributed by atoms with Gasteiger partial charge in [0.15, 0.2) is 56.7 Å². The van der Waals surface area contributed by atoms with E-state index in [1.54, 1.807) is 68.9 Å². The minimum absolute atomic E-state index is 0. The maximum Gasteiger partial charge on any atom is 0.573 e. The molecule has 1 fully saturated rings. The number of hydrogen-bond donors (Lipinski definition) is 8. The molecule has 1 aliphatic heterocycles. The number of nitrogens with one attached hydrogen (secondary N) is 3. The Morgan fingerprint density at radius 1 is 0.526 bits per heavy atom. The van der Waals surface area contributed by atoms with Crippen molar-refractivity contribution in [2.24, 2.45) is 14.1 Å². The van der Waals surface area contributed by atoms with E-state index in [1.807, 2.05) is 61.7 Å². The van der Waals surface area contributed by atoms with Gasteiger partial charge in [-0.15, -0.1) is 51.9 Å². The number of nitrogens with two attached hydrogens (primary N) is 1. The van der Waals surface area contributed by atoms with E-state index < -0.39 is 76.5 Å². The molecule has 0 atom stereocenters. The SMILES string of the molecule is C.C.C.C.C.C.C.CCOC(C)(OCC)OCC.Cc1nc2c(=O)[nH]cc(Br)c2o1.Cc1nc2c(=O)n(-c3ccc(OC(F)(F)F)cc3)cc(-c3cnn(C)c3)c2o1.Cc1nc2c(=O)n(-c3ccc(OC(F)(F)F)cc3)cc(Br)c2o1.Cl.Cn1cc(B2OC(C)(C)C(C)(C)O2)cn1.Nc1c(O)c(Br)c[nH]c1=O.O=c1[nH]cc(Br)c(O)c1[N+](=O)[O-].OB(O)c1ccc(OC(F)(F)F)cc1.[CH3-].[CH3-].[V].[V]. The number of benzene rings is 3. The molecule has 0 spiro atoms. The summed E-state index contributed by atoms with van der Waals surface area (Å²) < 4.78 is 171. The molecule has 54 heteroatoms. The fourth-order valence-electron chi connectivity index (χ4n) is 10.4. The number of oxazole rings is 3. The number of nitro groups is 1. The maximum absolute atomic E-state index is 12.9. The average molecular weight is 2310 g/mol. The number of rotatable bonds is 15. The molecule has 3 aromatic carbocycles. The van der Waals surface area contributed by atoms with E-state index >= 15 is 0 Å². The number of nitrogen functional groups attached to an aromatic ring is 1. The van der Waals surface area contributed by atoms with E-state index in [4.69, 9.17) is 62.8 Å². The zero-order valence-electron chi connectivity index (χ0n) is 70.8. The first kappa shape index (κ1) is 138. The molecule has 9 N–H and O–H groups in total. The van der Waals surface area contributed by atoms with Crippen LogP contribution in [0.15, 0.2) is 184 Å². The summed E-state index contributed by atoms with van der Waals surface area (Å²) in [4.78, 5) is 86.1. The van der Waals surface area contributed by atoms with Gasteiger partial charge in [-0.2, -0.15) is 10.2 Å². The van der Waals surface area contributed by atoms with Gasteiger partial charge in [0.1, 0.15) is 22.9 Å². The third kappa shape index (κ3) is 39.0. The molecule has 36 nitrogen and oxygen atoms in total. The quantitative estimate of drug-likeness (QED) is 0.0118. The zero-order valence-corrected chi connectivity index (χ0v) is 80.8. The molecule has 1 saturated heterocycles. The van der Waals surface area contributed by atoms with Gasteiger partial charge in [0, 0.05) is 176 Å². The van der Waals surface area contributed by atoms with Gasteiger partial charge >= 0.3 is 44.6 Å². The summed E-state index contributed by atoms with van der Waals surface area (Å²) in [6.07, 6.45) is -0.219. The topological polar surface area (TPSA) is 480 Å². The summed E-state index contributed by atoms with van der Waals surface area (Å²) >= 11 is 12.3. The summed E-state index contributed by atoms with van der Waals surface area (Å²) in [7, 11) is 1.63. The van der Waals surface area contributed by atoms with Crippen molar-refractivity contribution in [3.8, 4) is 51.2 Å². The number of ether oxygens (including phenoxy) is 6. The third-order valence-corrected chi connectivity index (χ3v) is 19.0. The van der Waals surface area contributed by atoms with Gasteiger partial charge in [-0.3, -0.25) is 52.6 Å². The van der Waals surface area contributed by atoms with Crippen molar-refractivity contribution in [3.63, 3.8) is 0 Å². The van der Waals surface area contributed by atoms with Crippen LogP contribution >= 0.6 is 76.1 Å². The Hall–Kier alpha value is -9.96. The number of aryl methyl sites for hydroxylation is 5. The third-order valence-electron chi connectivity index (χ3n) is 16.6. The minimum Gasteiger partial charge on any atom is -0.504 e. The van der Waals surface area contributed by atoms with Gasteiger partial charge in [-0.05, 0) is 178 Å². The fourth-order valence-corrected chi connectivity index (χ4v) is 11.9. The summed E-state index contributed by atoms with van der Waals surface area (Å²) in [6, 6.07) is 14.2. The molecule has 137 heavy (non-hydrogen) atoms. The molecule has 2 radical (unpaired) electrons. The van der Waals surface area contributed by atoms with Gasteiger partial charge in [0.2, 0.25) is 5.75 Å². The standard InChI is InChI=1S/C18H13F3N4O3.C14H8BrF3N2O3.C10H17BN2O2.C8H18O3.C7H6BF3O3.C7H5BrN2O2.C5H3BrN2O4.C5H5BrN2O2.7CH4.2CH3.ClH.2V/c1-10-23-15-16(27-10)14(11-7-22-24(2)8-11)9-25(17(15)26)12-3-5-13(6-4-12)28-18(19,20)21;1-7-19-11-12(22-7)10(15)6-20(13(11)21)8-2-4-9(5-3-8)23-14(16,17)18;1-9(2)10(3,4)15-11(14-9)8-6-12-13(5)7-8;1-5-9-8(4,10-6-2)11-7-3;9-7(10,11)14-6-3-1-5(2-4-6)8(12)13;1-3-10-5-6(12-3)4(8)2-9-7(5)11;6-2-1-7-5(10)3(4(2)9)8(11)12;6-2-1-8-5(10)3(7)4(2)9;;;;;;;;;;;;/h3-9H,1-2H3;2-6H,1H3;6-7H,1-5H3;5-7H2,1-4H3;1-4,12-13H;2H,1H3,(H,9,11);1H,(H2,7,9,10);1H,7H2,(H2,8,9,10);7*1H4;2*1H3;1H;;/q;;;;;;;;;;;;;;;2*-1;;;. The molecule has 1 aliphatic rings. The summed E-state index contributed by atoms with van der Waals surface area (Å²) in [5, 5.41) is 53.7. The van der Waals surface area contributed by atoms with E-state index in [9.17, 15) is 73.6 Å². The number of hydrogen-bond acceptors (Lipinski definition) is 28. The summed E-state index contributed by atoms with van der Waals surface area (Å²) in [5.74, 6) is -1.73. The van der Waals surface area contributed by atoms with E-state index in [2.05, 4.69) is 118 Å². The second-order valence-electron chi connectivity index (χ2n) is 26.4. The van der Waals surface area contributed by atoms with Crippen molar-refractivity contribution in [2.75, 3.05) is 25.6 Å². The molecule has 11 heterocycles. The van der Waals surface area contributed by atoms with Crippen LogP contribution < -0.4 is 58.7 Å². The maximum atomic E-state index is 12.9. The van der Waals surface area contributed by atoms with Crippen molar-refractivity contribution < 1.29 is 153 Å². The average Bonchev–Trinajstić information content (AvgIpc) is 1.63. The molecule has 13 aromatic rings. The van der Waals surface area contributed by atoms with Crippen molar-refractivity contribution in [3.05, 3.63) is 241 Å². The van der Waals surface area contributed by atoms with Crippen LogP contribution in [0.4, 0.5) is 50.9 Å². The van der Waals surface area contributed by atoms with E-state index in [0.717, 1.165) is 60.2 Å². The van der Waals surface area contributed by atoms with Gasteiger partial charge in [-0.1, -0.05) is 64.1 Å². The Kier molecular flexibility index (Phi) is 59.1. The molecule has 0 bridgehead atoms. The monoisotopic (exact) mass is 2300 g/mol. The van der Waals surface area contributed by atoms with Gasteiger partial charge in [0.05, 0.1) is 40.2 Å². The Balaban J connectivity index is -0.000000362. The molecule has 0 unspecified atom stereocenters. The minimum atomic E-state index is -4.79. The Morgan fingerprint density at radius 3 is 1.23 bits per heavy atom. The van der Waals surface area contributed by atoms with Crippen molar-refractivity contribution in [2.45, 2.75) is 164 Å². The molecular formula is C83H110B2Br4ClF9N14O22V2-2. The van der Waals surface area contributed by atoms with Crippen LogP contribution in [0.3, 0.4) is 0 Å². The number of halogens is 14. The normalized spacial score (nSPS) is 11.6. The predicted octanol–water partition coefficient (Wildman–Crippen LogP) is 18.8. The zero-order chi connectivity index (χ0) is 93.3. The Morgan fingerprint density at radius 2 is 0.876 bits per heavy atom. The predicted molar refractivity (Wildman–Crippen MR) is 515 cm³/mol. The smallest absolute Gasteiger partial charge is 0.504 e. The molecule has 0 saturated carbocycles. The van der Waals surface area contributed by atoms with Crippen LogP contribution in [0.2, 0.25) is 0 Å². The van der Waals surface area contributed by atoms with Crippen LogP contribution in [-0.4, -0.2) is 154 Å². The molecule has 760 valence electrons. The summed E-state index contributed by atoms with van der Waals surface area (Å²) in [5.41, 5.74) is 5.82. The number of H-pyrrole nitrogens is 3. The van der Waals surface area contributed by atoms with Crippen LogP contribution in [0.5, 0.6) is 28.7 Å². The van der Waals surface area contributed by atoms with E-state index in [0.29, 0.717) is 95.7 Å². The second-order valence-corrected chi connectivity index (χ2v) is 29.8. The molecule has 0 aliphatic carbocycles. The number of aromatic nitrogens is 12. The van der Waals surface area contributed by atoms with E-state index in [-0.39, 0.29) is 184 Å². The molecule has 0 amide bonds. The first-order valence-corrected chi connectivity index (χ1v) is 39.0. The second kappa shape index (κ2) is 58.8. The number of anilines is 1. The van der Waals surface area contributed by atoms with Crippen LogP contribution in [0.1, 0.15) is 125 Å². The first-order chi connectivity index (χ1) is 58.2. The molecule has 10 aromatic heterocycles. The van der Waals surface area contributed by atoms with Crippen molar-refractivity contribution in [1.82, 2.24) is 58.6 Å². The van der Waals surface area contributed by atoms with Gasteiger partial charge < -0.3 is 107 Å². The number of aromatic hydroxyl groups is 2. The number of nitrogens with zero attached hydrogens (tertiary/aromatic N) is 10. The first-order valence-electron chi connectivity index (χ1n) is 35.8. The number of aromatic amines is 3. The Bertz CT molecular complexity index is 6170. The Labute approximate surface area is 847 Å². The fraction of sp³-hybridized carbons (Fsp3) is 0.349.